The van der Waals surface area contributed by atoms with Gasteiger partial charge in [-0.1, -0.05) is 0 Å². The van der Waals surface area contributed by atoms with Crippen molar-refractivity contribution in [3.8, 4) is 0 Å². The minimum absolute atomic E-state index is 0. The molecule has 0 aromatic heterocycles. The van der Waals surface area contributed by atoms with Crippen molar-refractivity contribution in [2.75, 3.05) is 41.3 Å². The summed E-state index contributed by atoms with van der Waals surface area (Å²) in [6.07, 6.45) is 0.0538. The SMILES string of the molecule is CN(C)CCC(O)C(O)CCN(C)C.Cl. The number of hydrogen-bond acceptors (Lipinski definition) is 4. The molecule has 0 fully saturated rings. The summed E-state index contributed by atoms with van der Waals surface area (Å²) in [5, 5.41) is 19.2. The van der Waals surface area contributed by atoms with Crippen LogP contribution in [0.1, 0.15) is 12.8 Å². The van der Waals surface area contributed by atoms with Crippen molar-refractivity contribution in [2.24, 2.45) is 0 Å². The highest BCUT2D eigenvalue weighted by Gasteiger charge is 2.15. The van der Waals surface area contributed by atoms with E-state index in [1.54, 1.807) is 0 Å². The van der Waals surface area contributed by atoms with Crippen LogP contribution >= 0.6 is 12.4 Å². The van der Waals surface area contributed by atoms with E-state index in [2.05, 4.69) is 0 Å². The Kier molecular flexibility index (Phi) is 10.9. The molecule has 0 aromatic rings. The van der Waals surface area contributed by atoms with Crippen molar-refractivity contribution >= 4 is 12.4 Å². The van der Waals surface area contributed by atoms with Crippen LogP contribution in [0.2, 0.25) is 0 Å². The molecule has 0 saturated heterocycles. The van der Waals surface area contributed by atoms with Crippen LogP contribution < -0.4 is 0 Å². The average Bonchev–Trinajstić information content (AvgIpc) is 2.09. The van der Waals surface area contributed by atoms with E-state index in [9.17, 15) is 10.2 Å². The van der Waals surface area contributed by atoms with Crippen LogP contribution in [-0.2, 0) is 0 Å². The van der Waals surface area contributed by atoms with Crippen molar-refractivity contribution in [2.45, 2.75) is 25.0 Å². The van der Waals surface area contributed by atoms with Crippen molar-refractivity contribution in [1.29, 1.82) is 0 Å². The van der Waals surface area contributed by atoms with E-state index in [-0.39, 0.29) is 12.4 Å². The molecule has 0 spiro atoms. The molecule has 2 N–H and O–H groups in total. The first-order valence-electron chi connectivity index (χ1n) is 5.09. The standard InChI is InChI=1S/C10H24N2O2.ClH/c1-11(2)7-5-9(13)10(14)6-8-12(3)4;/h9-10,13-14H,5-8H2,1-4H3;1H. The van der Waals surface area contributed by atoms with Crippen molar-refractivity contribution in [3.63, 3.8) is 0 Å². The van der Waals surface area contributed by atoms with Crippen molar-refractivity contribution in [3.05, 3.63) is 0 Å². The Morgan fingerprint density at radius 3 is 1.27 bits per heavy atom. The number of hydrogen-bond donors (Lipinski definition) is 2. The number of nitrogens with zero attached hydrogens (tertiary/aromatic N) is 2. The second-order valence-corrected chi connectivity index (χ2v) is 4.32. The maximum atomic E-state index is 9.58. The summed E-state index contributed by atoms with van der Waals surface area (Å²) in [6.45, 7) is 1.61. The molecule has 0 aliphatic carbocycles. The quantitative estimate of drug-likeness (QED) is 0.660. The smallest absolute Gasteiger partial charge is 0.0811 e. The molecule has 0 heterocycles. The molecule has 94 valence electrons. The van der Waals surface area contributed by atoms with Gasteiger partial charge in [0.25, 0.3) is 0 Å². The molecule has 15 heavy (non-hydrogen) atoms. The number of aliphatic hydroxyl groups excluding tert-OH is 2. The third-order valence-corrected chi connectivity index (χ3v) is 2.19. The first-order valence-corrected chi connectivity index (χ1v) is 5.09. The molecule has 0 aromatic carbocycles. The van der Waals surface area contributed by atoms with Gasteiger partial charge in [-0.15, -0.1) is 12.4 Å². The molecule has 5 heteroatoms. The van der Waals surface area contributed by atoms with Gasteiger partial charge in [-0.05, 0) is 41.0 Å². The zero-order valence-corrected chi connectivity index (χ0v) is 11.0. The van der Waals surface area contributed by atoms with Crippen LogP contribution in [0.25, 0.3) is 0 Å². The van der Waals surface area contributed by atoms with Crippen LogP contribution in [0.3, 0.4) is 0 Å². The average molecular weight is 241 g/mol. The number of halogens is 1. The fraction of sp³-hybridized carbons (Fsp3) is 1.00. The van der Waals surface area contributed by atoms with E-state index < -0.39 is 12.2 Å². The Bertz CT molecular complexity index is 129. The topological polar surface area (TPSA) is 46.9 Å². The summed E-state index contributed by atoms with van der Waals surface area (Å²) in [7, 11) is 7.83. The summed E-state index contributed by atoms with van der Waals surface area (Å²) in [4.78, 5) is 4.00. The predicted molar refractivity (Wildman–Crippen MR) is 65.6 cm³/mol. The summed E-state index contributed by atoms with van der Waals surface area (Å²) in [5.41, 5.74) is 0. The molecule has 0 aliphatic rings. The van der Waals surface area contributed by atoms with Gasteiger partial charge in [0.05, 0.1) is 12.2 Å². The predicted octanol–water partition coefficient (Wildman–Crippen LogP) is 0.0334. The van der Waals surface area contributed by atoms with Gasteiger partial charge in [-0.25, -0.2) is 0 Å². The maximum Gasteiger partial charge on any atom is 0.0811 e. The Hall–Kier alpha value is 0.130. The van der Waals surface area contributed by atoms with Gasteiger partial charge in [0, 0.05) is 13.1 Å². The van der Waals surface area contributed by atoms with Crippen LogP contribution in [-0.4, -0.2) is 73.5 Å². The van der Waals surface area contributed by atoms with Gasteiger partial charge >= 0.3 is 0 Å². The van der Waals surface area contributed by atoms with Crippen molar-refractivity contribution < 1.29 is 10.2 Å². The van der Waals surface area contributed by atoms with Crippen LogP contribution in [0.5, 0.6) is 0 Å². The van der Waals surface area contributed by atoms with E-state index >= 15 is 0 Å². The summed E-state index contributed by atoms with van der Waals surface area (Å²) in [5.74, 6) is 0. The number of aliphatic hydroxyl groups is 2. The largest absolute Gasteiger partial charge is 0.390 e. The second kappa shape index (κ2) is 9.36. The normalized spacial score (nSPS) is 15.2. The molecule has 2 atom stereocenters. The Morgan fingerprint density at radius 1 is 0.800 bits per heavy atom. The molecule has 0 radical (unpaired) electrons. The lowest BCUT2D eigenvalue weighted by Crippen LogP contribution is -2.32. The van der Waals surface area contributed by atoms with E-state index in [1.165, 1.54) is 0 Å². The minimum Gasteiger partial charge on any atom is -0.390 e. The summed E-state index contributed by atoms with van der Waals surface area (Å²) >= 11 is 0. The minimum atomic E-state index is -0.600. The Morgan fingerprint density at radius 2 is 1.07 bits per heavy atom. The lowest BCUT2D eigenvalue weighted by Gasteiger charge is -2.21. The van der Waals surface area contributed by atoms with Gasteiger partial charge in [0.1, 0.15) is 0 Å². The molecule has 0 aliphatic heterocycles. The van der Waals surface area contributed by atoms with Crippen LogP contribution in [0.4, 0.5) is 0 Å². The van der Waals surface area contributed by atoms with E-state index in [1.807, 2.05) is 38.0 Å². The molecular weight excluding hydrogens is 216 g/mol. The van der Waals surface area contributed by atoms with Crippen LogP contribution in [0.15, 0.2) is 0 Å². The lowest BCUT2D eigenvalue weighted by atomic mass is 10.1. The molecular formula is C10H25ClN2O2. The summed E-state index contributed by atoms with van der Waals surface area (Å²) in [6, 6.07) is 0. The second-order valence-electron chi connectivity index (χ2n) is 4.32. The van der Waals surface area contributed by atoms with Crippen LogP contribution in [0, 0.1) is 0 Å². The fourth-order valence-corrected chi connectivity index (χ4v) is 1.17. The molecule has 0 rings (SSSR count). The monoisotopic (exact) mass is 240 g/mol. The van der Waals surface area contributed by atoms with Gasteiger partial charge in [0.2, 0.25) is 0 Å². The zero-order chi connectivity index (χ0) is 11.1. The number of rotatable bonds is 7. The highest BCUT2D eigenvalue weighted by Crippen LogP contribution is 2.04. The Labute approximate surface area is 99.3 Å². The highest BCUT2D eigenvalue weighted by atomic mass is 35.5. The molecule has 0 amide bonds. The lowest BCUT2D eigenvalue weighted by molar-refractivity contribution is 0.00343. The maximum absolute atomic E-state index is 9.58. The highest BCUT2D eigenvalue weighted by molar-refractivity contribution is 5.85. The van der Waals surface area contributed by atoms with Gasteiger partial charge in [-0.3, -0.25) is 0 Å². The zero-order valence-electron chi connectivity index (χ0n) is 10.2. The molecule has 0 bridgehead atoms. The molecule has 0 saturated carbocycles. The van der Waals surface area contributed by atoms with Gasteiger partial charge in [-0.2, -0.15) is 0 Å². The van der Waals surface area contributed by atoms with E-state index in [4.69, 9.17) is 0 Å². The van der Waals surface area contributed by atoms with Crippen molar-refractivity contribution in [1.82, 2.24) is 9.80 Å². The Balaban J connectivity index is 0. The van der Waals surface area contributed by atoms with Gasteiger partial charge in [0.15, 0.2) is 0 Å². The molecule has 4 nitrogen and oxygen atoms in total. The third kappa shape index (κ3) is 10.4. The summed E-state index contributed by atoms with van der Waals surface area (Å²) < 4.78 is 0. The fourth-order valence-electron chi connectivity index (χ4n) is 1.17. The molecule has 2 unspecified atom stereocenters. The van der Waals surface area contributed by atoms with E-state index in [0.29, 0.717) is 12.8 Å². The first kappa shape index (κ1) is 17.5. The first-order chi connectivity index (χ1) is 6.43. The van der Waals surface area contributed by atoms with Gasteiger partial charge < -0.3 is 20.0 Å². The third-order valence-electron chi connectivity index (χ3n) is 2.19. The van der Waals surface area contributed by atoms with E-state index in [0.717, 1.165) is 13.1 Å².